The van der Waals surface area contributed by atoms with Crippen molar-refractivity contribution in [1.82, 2.24) is 4.98 Å². The average Bonchev–Trinajstić information content (AvgIpc) is 2.48. The molecule has 0 saturated heterocycles. The Labute approximate surface area is 78.3 Å². The van der Waals surface area contributed by atoms with Gasteiger partial charge < -0.3 is 4.98 Å². The van der Waals surface area contributed by atoms with E-state index in [1.54, 1.807) is 18.2 Å². The molecule has 0 fully saturated rings. The van der Waals surface area contributed by atoms with E-state index in [4.69, 9.17) is 11.6 Å². The summed E-state index contributed by atoms with van der Waals surface area (Å²) in [4.78, 5) is 2.73. The molecule has 0 atom stereocenters. The molecule has 1 aromatic carbocycles. The minimum Gasteiger partial charge on any atom is -0.359 e. The lowest BCUT2D eigenvalue weighted by Gasteiger charge is -1.96. The Kier molecular flexibility index (Phi) is 1.96. The highest BCUT2D eigenvalue weighted by Crippen LogP contribution is 2.30. The van der Waals surface area contributed by atoms with Crippen molar-refractivity contribution in [1.29, 1.82) is 0 Å². The van der Waals surface area contributed by atoms with Crippen LogP contribution in [0.2, 0.25) is 5.02 Å². The maximum absolute atomic E-state index is 12.4. The van der Waals surface area contributed by atoms with Crippen molar-refractivity contribution in [2.45, 2.75) is 6.43 Å². The predicted octanol–water partition coefficient (Wildman–Crippen LogP) is 3.76. The lowest BCUT2D eigenvalue weighted by molar-refractivity contribution is 0.153. The minimum atomic E-state index is -2.47. The van der Waals surface area contributed by atoms with Crippen LogP contribution in [0.4, 0.5) is 8.78 Å². The second kappa shape index (κ2) is 3.00. The van der Waals surface area contributed by atoms with Crippen molar-refractivity contribution in [3.63, 3.8) is 0 Å². The van der Waals surface area contributed by atoms with Crippen LogP contribution in [0, 0.1) is 0 Å². The van der Waals surface area contributed by atoms with Crippen LogP contribution < -0.4 is 0 Å². The molecule has 0 amide bonds. The van der Waals surface area contributed by atoms with Crippen LogP contribution in [-0.4, -0.2) is 4.98 Å². The normalized spacial score (nSPS) is 11.4. The number of aromatic nitrogens is 1. The molecule has 2 rings (SSSR count). The molecular weight excluding hydrogens is 196 g/mol. The summed E-state index contributed by atoms with van der Waals surface area (Å²) < 4.78 is 24.8. The Balaban J connectivity index is 2.75. The minimum absolute atomic E-state index is 0.00231. The van der Waals surface area contributed by atoms with Crippen LogP contribution in [0.5, 0.6) is 0 Å². The summed E-state index contributed by atoms with van der Waals surface area (Å²) in [6.07, 6.45) is -1.17. The molecule has 0 spiro atoms. The predicted molar refractivity (Wildman–Crippen MR) is 48.3 cm³/mol. The van der Waals surface area contributed by atoms with Gasteiger partial charge in [0.05, 0.1) is 10.5 Å². The zero-order chi connectivity index (χ0) is 9.42. The van der Waals surface area contributed by atoms with Gasteiger partial charge in [0.25, 0.3) is 6.43 Å². The van der Waals surface area contributed by atoms with E-state index in [9.17, 15) is 8.78 Å². The number of H-pyrrole nitrogens is 1. The van der Waals surface area contributed by atoms with Crippen LogP contribution in [-0.2, 0) is 0 Å². The van der Waals surface area contributed by atoms with Crippen LogP contribution in [0.25, 0.3) is 10.9 Å². The van der Waals surface area contributed by atoms with E-state index in [0.29, 0.717) is 15.9 Å². The molecule has 0 aliphatic heterocycles. The Morgan fingerprint density at radius 3 is 2.77 bits per heavy atom. The summed E-state index contributed by atoms with van der Waals surface area (Å²) in [5, 5.41) is 0.951. The Bertz CT molecular complexity index is 436. The van der Waals surface area contributed by atoms with Gasteiger partial charge in [0.15, 0.2) is 0 Å². The summed E-state index contributed by atoms with van der Waals surface area (Å²) in [7, 11) is 0. The van der Waals surface area contributed by atoms with Gasteiger partial charge in [-0.1, -0.05) is 23.7 Å². The van der Waals surface area contributed by atoms with Gasteiger partial charge in [-0.2, -0.15) is 0 Å². The van der Waals surface area contributed by atoms with E-state index in [0.717, 1.165) is 0 Å². The molecule has 0 aliphatic carbocycles. The average molecular weight is 202 g/mol. The number of alkyl halides is 2. The molecule has 0 bridgehead atoms. The number of nitrogens with one attached hydrogen (secondary N) is 1. The molecule has 68 valence electrons. The third kappa shape index (κ3) is 1.29. The largest absolute Gasteiger partial charge is 0.359 e. The van der Waals surface area contributed by atoms with Crippen molar-refractivity contribution in [3.05, 3.63) is 35.0 Å². The van der Waals surface area contributed by atoms with Gasteiger partial charge in [0.2, 0.25) is 0 Å². The fraction of sp³-hybridized carbons (Fsp3) is 0.111. The van der Waals surface area contributed by atoms with E-state index >= 15 is 0 Å². The maximum atomic E-state index is 12.4. The van der Waals surface area contributed by atoms with E-state index in [-0.39, 0.29) is 5.56 Å². The molecular formula is C9H6ClF2N. The lowest BCUT2D eigenvalue weighted by atomic mass is 10.2. The summed E-state index contributed by atoms with van der Waals surface area (Å²) in [5.41, 5.74) is 0.567. The fourth-order valence-corrected chi connectivity index (χ4v) is 1.55. The summed E-state index contributed by atoms with van der Waals surface area (Å²) in [6.45, 7) is 0. The fourth-order valence-electron chi connectivity index (χ4n) is 1.32. The molecule has 13 heavy (non-hydrogen) atoms. The Morgan fingerprint density at radius 2 is 2.08 bits per heavy atom. The maximum Gasteiger partial charge on any atom is 0.265 e. The number of rotatable bonds is 1. The van der Waals surface area contributed by atoms with Crippen molar-refractivity contribution in [2.75, 3.05) is 0 Å². The molecule has 0 aliphatic rings. The monoisotopic (exact) mass is 201 g/mol. The number of para-hydroxylation sites is 1. The number of hydrogen-bond acceptors (Lipinski definition) is 0. The standard InChI is InChI=1S/C9H6ClF2N/c10-7-3-1-2-5-6(9(11)12)4-13-8(5)7/h1-4,9,13H. The molecule has 2 aromatic rings. The van der Waals surface area contributed by atoms with E-state index in [2.05, 4.69) is 4.98 Å². The van der Waals surface area contributed by atoms with E-state index < -0.39 is 6.43 Å². The summed E-state index contributed by atoms with van der Waals surface area (Å²) >= 11 is 5.80. The molecule has 1 aromatic heterocycles. The van der Waals surface area contributed by atoms with Gasteiger partial charge in [-0.15, -0.1) is 0 Å². The molecule has 1 nitrogen and oxygen atoms in total. The van der Waals surface area contributed by atoms with Crippen molar-refractivity contribution < 1.29 is 8.78 Å². The van der Waals surface area contributed by atoms with Crippen molar-refractivity contribution in [2.24, 2.45) is 0 Å². The third-order valence-electron chi connectivity index (χ3n) is 1.93. The first-order valence-corrected chi connectivity index (χ1v) is 4.11. The highest BCUT2D eigenvalue weighted by atomic mass is 35.5. The second-order valence-corrected chi connectivity index (χ2v) is 3.11. The van der Waals surface area contributed by atoms with Crippen molar-refractivity contribution >= 4 is 22.5 Å². The van der Waals surface area contributed by atoms with Gasteiger partial charge in [0.1, 0.15) is 0 Å². The molecule has 0 saturated carbocycles. The third-order valence-corrected chi connectivity index (χ3v) is 2.25. The van der Waals surface area contributed by atoms with Crippen LogP contribution in [0.15, 0.2) is 24.4 Å². The topological polar surface area (TPSA) is 15.8 Å². The van der Waals surface area contributed by atoms with Crippen LogP contribution in [0.3, 0.4) is 0 Å². The SMILES string of the molecule is FC(F)c1c[nH]c2c(Cl)cccc12. The van der Waals surface area contributed by atoms with Crippen LogP contribution >= 0.6 is 11.6 Å². The van der Waals surface area contributed by atoms with Gasteiger partial charge in [-0.05, 0) is 6.07 Å². The van der Waals surface area contributed by atoms with Gasteiger partial charge in [-0.25, -0.2) is 8.78 Å². The number of aromatic amines is 1. The van der Waals surface area contributed by atoms with E-state index in [1.165, 1.54) is 6.20 Å². The smallest absolute Gasteiger partial charge is 0.265 e. The first-order valence-electron chi connectivity index (χ1n) is 3.74. The van der Waals surface area contributed by atoms with Gasteiger partial charge in [0, 0.05) is 17.1 Å². The first-order chi connectivity index (χ1) is 6.20. The molecule has 1 N–H and O–H groups in total. The number of benzene rings is 1. The van der Waals surface area contributed by atoms with Gasteiger partial charge >= 0.3 is 0 Å². The summed E-state index contributed by atoms with van der Waals surface area (Å²) in [6, 6.07) is 4.94. The van der Waals surface area contributed by atoms with Gasteiger partial charge in [-0.3, -0.25) is 0 Å². The van der Waals surface area contributed by atoms with E-state index in [1.807, 2.05) is 0 Å². The zero-order valence-electron chi connectivity index (χ0n) is 6.52. The summed E-state index contributed by atoms with van der Waals surface area (Å²) in [5.74, 6) is 0. The quantitative estimate of drug-likeness (QED) is 0.723. The molecule has 1 heterocycles. The Hall–Kier alpha value is -1.09. The Morgan fingerprint density at radius 1 is 1.31 bits per heavy atom. The molecule has 0 unspecified atom stereocenters. The second-order valence-electron chi connectivity index (χ2n) is 2.71. The zero-order valence-corrected chi connectivity index (χ0v) is 7.28. The van der Waals surface area contributed by atoms with Crippen molar-refractivity contribution in [3.8, 4) is 0 Å². The highest BCUT2D eigenvalue weighted by molar-refractivity contribution is 6.35. The molecule has 0 radical (unpaired) electrons. The molecule has 4 heteroatoms. The number of fused-ring (bicyclic) bond motifs is 1. The number of halogens is 3. The highest BCUT2D eigenvalue weighted by Gasteiger charge is 2.13. The first kappa shape index (κ1) is 8.51. The van der Waals surface area contributed by atoms with Crippen LogP contribution in [0.1, 0.15) is 12.0 Å². The number of hydrogen-bond donors (Lipinski definition) is 1. The lowest BCUT2D eigenvalue weighted by Crippen LogP contribution is -1.79.